The maximum absolute atomic E-state index is 14.1. The molecule has 0 aliphatic carbocycles. The van der Waals surface area contributed by atoms with Gasteiger partial charge in [0.25, 0.3) is 5.91 Å². The van der Waals surface area contributed by atoms with Crippen LogP contribution in [0.25, 0.3) is 10.9 Å². The van der Waals surface area contributed by atoms with Gasteiger partial charge in [-0.15, -0.1) is 0 Å². The molecule has 1 aliphatic rings. The summed E-state index contributed by atoms with van der Waals surface area (Å²) in [5.74, 6) is -1.44. The van der Waals surface area contributed by atoms with Gasteiger partial charge in [0, 0.05) is 47.9 Å². The number of carbonyl (C=O) groups excluding carboxylic acids is 1. The third-order valence-corrected chi connectivity index (χ3v) is 6.53. The number of fused-ring (bicyclic) bond motifs is 2. The lowest BCUT2D eigenvalue weighted by Gasteiger charge is -2.22. The quantitative estimate of drug-likeness (QED) is 0.654. The Labute approximate surface area is 184 Å². The third-order valence-electron chi connectivity index (χ3n) is 5.08. The number of sulfonamides is 1. The second-order valence-electron chi connectivity index (χ2n) is 7.13. The zero-order valence-electron chi connectivity index (χ0n) is 17.2. The predicted molar refractivity (Wildman–Crippen MR) is 119 cm³/mol. The molecular formula is C21H21ClFN3O4S. The number of benzene rings is 1. The number of nitrogens with zero attached hydrogens (tertiary/aromatic N) is 3. The molecule has 1 amide bonds. The number of phenolic OH excluding ortho intramolecular Hbond substituents is 1. The van der Waals surface area contributed by atoms with Crippen molar-refractivity contribution >= 4 is 44.1 Å². The van der Waals surface area contributed by atoms with Crippen LogP contribution in [0.5, 0.6) is 5.75 Å². The first kappa shape index (κ1) is 22.8. The van der Waals surface area contributed by atoms with E-state index in [4.69, 9.17) is 11.6 Å². The van der Waals surface area contributed by atoms with Crippen LogP contribution < -0.4 is 4.31 Å². The highest BCUT2D eigenvalue weighted by Crippen LogP contribution is 2.44. The Morgan fingerprint density at radius 2 is 2.16 bits per heavy atom. The smallest absolute Gasteiger partial charge is 0.258 e. The van der Waals surface area contributed by atoms with Gasteiger partial charge < -0.3 is 10.0 Å². The zero-order valence-corrected chi connectivity index (χ0v) is 18.8. The van der Waals surface area contributed by atoms with Crippen molar-refractivity contribution in [2.75, 3.05) is 24.2 Å². The molecule has 164 valence electrons. The molecule has 1 aliphatic heterocycles. The van der Waals surface area contributed by atoms with Crippen LogP contribution in [0.15, 0.2) is 53.5 Å². The van der Waals surface area contributed by atoms with Gasteiger partial charge in [0.2, 0.25) is 10.0 Å². The van der Waals surface area contributed by atoms with Crippen molar-refractivity contribution < 1.29 is 22.7 Å². The molecule has 0 bridgehead atoms. The Morgan fingerprint density at radius 1 is 1.48 bits per heavy atom. The van der Waals surface area contributed by atoms with E-state index < -0.39 is 21.8 Å². The number of rotatable bonds is 6. The van der Waals surface area contributed by atoms with Gasteiger partial charge in [0.1, 0.15) is 11.3 Å². The van der Waals surface area contributed by atoms with E-state index in [2.05, 4.69) is 11.6 Å². The molecule has 2 aromatic rings. The first-order chi connectivity index (χ1) is 14.5. The van der Waals surface area contributed by atoms with Gasteiger partial charge in [-0.05, 0) is 25.1 Å². The van der Waals surface area contributed by atoms with Crippen LogP contribution in [-0.2, 0) is 16.6 Å². The number of amides is 1. The van der Waals surface area contributed by atoms with E-state index in [9.17, 15) is 22.7 Å². The Hall–Kier alpha value is -2.91. The van der Waals surface area contributed by atoms with Crippen molar-refractivity contribution in [3.63, 3.8) is 0 Å². The molecule has 2 heterocycles. The van der Waals surface area contributed by atoms with Gasteiger partial charge in [0.15, 0.2) is 5.75 Å². The highest BCUT2D eigenvalue weighted by molar-refractivity contribution is 7.92. The molecule has 7 nitrogen and oxygen atoms in total. The first-order valence-electron chi connectivity index (χ1n) is 9.18. The maximum atomic E-state index is 14.1. The summed E-state index contributed by atoms with van der Waals surface area (Å²) < 4.78 is 39.8. The van der Waals surface area contributed by atoms with Crippen molar-refractivity contribution in [3.05, 3.63) is 64.6 Å². The number of aromatic hydroxyl groups is 1. The topological polar surface area (TPSA) is 90.8 Å². The molecule has 31 heavy (non-hydrogen) atoms. The highest BCUT2D eigenvalue weighted by atomic mass is 35.5. The van der Waals surface area contributed by atoms with E-state index >= 15 is 0 Å². The summed E-state index contributed by atoms with van der Waals surface area (Å²) in [5.41, 5.74) is 0.786. The minimum atomic E-state index is -3.69. The van der Waals surface area contributed by atoms with Crippen molar-refractivity contribution in [1.82, 2.24) is 9.88 Å². The molecule has 0 spiro atoms. The molecule has 0 radical (unpaired) electrons. The lowest BCUT2D eigenvalue weighted by molar-refractivity contribution is 0.0791. The Morgan fingerprint density at radius 3 is 2.74 bits per heavy atom. The van der Waals surface area contributed by atoms with Crippen LogP contribution in [-0.4, -0.2) is 49.2 Å². The minimum Gasteiger partial charge on any atom is -0.505 e. The molecule has 0 saturated heterocycles. The van der Waals surface area contributed by atoms with E-state index in [1.807, 2.05) is 0 Å². The molecule has 1 N–H and O–H groups in total. The number of anilines is 1. The second-order valence-corrected chi connectivity index (χ2v) is 9.58. The average molecular weight is 466 g/mol. The van der Waals surface area contributed by atoms with E-state index in [0.29, 0.717) is 10.9 Å². The van der Waals surface area contributed by atoms with Gasteiger partial charge in [-0.1, -0.05) is 24.3 Å². The van der Waals surface area contributed by atoms with Crippen LogP contribution in [0.2, 0.25) is 0 Å². The normalized spacial score (nSPS) is 15.2. The molecule has 10 heteroatoms. The van der Waals surface area contributed by atoms with Gasteiger partial charge in [-0.25, -0.2) is 12.8 Å². The zero-order chi connectivity index (χ0) is 23.1. The summed E-state index contributed by atoms with van der Waals surface area (Å²) in [7, 11) is -2.32. The van der Waals surface area contributed by atoms with Crippen molar-refractivity contribution in [3.8, 4) is 5.75 Å². The minimum absolute atomic E-state index is 0.0297. The van der Waals surface area contributed by atoms with Crippen LogP contribution >= 0.6 is 11.6 Å². The number of hydrogen-bond acceptors (Lipinski definition) is 5. The molecule has 0 atom stereocenters. The van der Waals surface area contributed by atoms with E-state index in [0.717, 1.165) is 10.6 Å². The number of allylic oxidation sites excluding steroid dienone is 3. The summed E-state index contributed by atoms with van der Waals surface area (Å²) in [6.07, 6.45) is 5.18. The van der Waals surface area contributed by atoms with Gasteiger partial charge >= 0.3 is 0 Å². The van der Waals surface area contributed by atoms with Crippen LogP contribution in [0.3, 0.4) is 0 Å². The number of aromatic nitrogens is 1. The Kier molecular flexibility index (Phi) is 6.11. The summed E-state index contributed by atoms with van der Waals surface area (Å²) in [5, 5.41) is 11.4. The summed E-state index contributed by atoms with van der Waals surface area (Å²) in [4.78, 5) is 18.6. The Bertz CT molecular complexity index is 1270. The average Bonchev–Trinajstić information content (AvgIpc) is 3.02. The molecule has 0 saturated carbocycles. The fourth-order valence-corrected chi connectivity index (χ4v) is 4.14. The Balaban J connectivity index is 2.20. The number of phenols is 1. The summed E-state index contributed by atoms with van der Waals surface area (Å²) in [6, 6.07) is 3.23. The highest BCUT2D eigenvalue weighted by Gasteiger charge is 2.37. The summed E-state index contributed by atoms with van der Waals surface area (Å²) in [6.45, 7) is 4.60. The van der Waals surface area contributed by atoms with Crippen molar-refractivity contribution in [2.24, 2.45) is 0 Å². The van der Waals surface area contributed by atoms with Crippen LogP contribution in [0.1, 0.15) is 22.8 Å². The molecule has 1 aromatic heterocycles. The molecule has 0 fully saturated rings. The standard InChI is InChI=1S/C21H21ClFN3O4S/c1-5-14(22)9-13(12(2)23)10-26-11-16-17(21(26)28)20(27)18-15(7-6-8-24-18)19(16)25(3)31(4,29)30/h5-9,27H,1,10-11H2,2-4H3/b13-12-,14-9+. The molecular weight excluding hydrogens is 445 g/mol. The number of hydrogen-bond donors (Lipinski definition) is 1. The maximum Gasteiger partial charge on any atom is 0.258 e. The number of halogens is 2. The first-order valence-corrected chi connectivity index (χ1v) is 11.4. The van der Waals surface area contributed by atoms with E-state index in [-0.39, 0.29) is 46.2 Å². The number of pyridine rings is 1. The lowest BCUT2D eigenvalue weighted by Crippen LogP contribution is -2.27. The van der Waals surface area contributed by atoms with E-state index in [1.165, 1.54) is 37.2 Å². The van der Waals surface area contributed by atoms with Crippen molar-refractivity contribution in [2.45, 2.75) is 13.5 Å². The molecule has 1 aromatic carbocycles. The fourth-order valence-electron chi connectivity index (χ4n) is 3.47. The van der Waals surface area contributed by atoms with Gasteiger partial charge in [-0.2, -0.15) is 0 Å². The third kappa shape index (κ3) is 4.15. The molecule has 3 rings (SSSR count). The SMILES string of the molecule is C=C/C(Cl)=C\C(CN1Cc2c(c(O)c3ncccc3c2N(C)S(C)(=O)=O)C1=O)=C(/C)F. The van der Waals surface area contributed by atoms with Crippen LogP contribution in [0.4, 0.5) is 10.1 Å². The predicted octanol–water partition coefficient (Wildman–Crippen LogP) is 3.84. The van der Waals surface area contributed by atoms with E-state index in [1.54, 1.807) is 12.1 Å². The second kappa shape index (κ2) is 8.32. The lowest BCUT2D eigenvalue weighted by atomic mass is 10.0. The molecule has 0 unspecified atom stereocenters. The van der Waals surface area contributed by atoms with Gasteiger partial charge in [0.05, 0.1) is 17.5 Å². The summed E-state index contributed by atoms with van der Waals surface area (Å²) >= 11 is 5.95. The fraction of sp³-hybridized carbons (Fsp3) is 0.238. The largest absolute Gasteiger partial charge is 0.505 e. The van der Waals surface area contributed by atoms with Gasteiger partial charge in [-0.3, -0.25) is 14.1 Å². The van der Waals surface area contributed by atoms with Crippen molar-refractivity contribution in [1.29, 1.82) is 0 Å². The van der Waals surface area contributed by atoms with Crippen LogP contribution in [0, 0.1) is 0 Å². The monoisotopic (exact) mass is 465 g/mol. The number of carbonyl (C=O) groups is 1.